The van der Waals surface area contributed by atoms with Crippen molar-refractivity contribution in [2.24, 2.45) is 11.7 Å². The Morgan fingerprint density at radius 3 is 2.95 bits per heavy atom. The summed E-state index contributed by atoms with van der Waals surface area (Å²) in [5, 5.41) is 2.14. The summed E-state index contributed by atoms with van der Waals surface area (Å²) >= 11 is 5.34. The van der Waals surface area contributed by atoms with Gasteiger partial charge in [-0.15, -0.1) is 11.3 Å². The van der Waals surface area contributed by atoms with Crippen LogP contribution in [0.5, 0.6) is 0 Å². The molecular weight excluding hydrogens is 336 g/mol. The highest BCUT2D eigenvalue weighted by Gasteiger charge is 2.27. The van der Waals surface area contributed by atoms with Crippen molar-refractivity contribution in [3.8, 4) is 0 Å². The van der Waals surface area contributed by atoms with Gasteiger partial charge in [0, 0.05) is 33.9 Å². The van der Waals surface area contributed by atoms with Gasteiger partial charge in [0.1, 0.15) is 0 Å². The van der Waals surface area contributed by atoms with Crippen LogP contribution in [0.25, 0.3) is 0 Å². The number of halogens is 1. The Bertz CT molecular complexity index is 406. The highest BCUT2D eigenvalue weighted by molar-refractivity contribution is 9.10. The highest BCUT2D eigenvalue weighted by Crippen LogP contribution is 2.32. The second-order valence-corrected chi connectivity index (χ2v) is 7.57. The Morgan fingerprint density at radius 1 is 1.60 bits per heavy atom. The maximum Gasteiger partial charge on any atom is 0.0591 e. The minimum Gasteiger partial charge on any atom is -0.381 e. The van der Waals surface area contributed by atoms with Gasteiger partial charge < -0.3 is 10.5 Å². The van der Waals surface area contributed by atoms with Gasteiger partial charge in [0.05, 0.1) is 12.6 Å². The molecule has 0 aromatic carbocycles. The summed E-state index contributed by atoms with van der Waals surface area (Å²) in [7, 11) is 2.20. The molecule has 1 aromatic rings. The standard InChI is InChI=1S/C15H25BrN2OS/c1-3-13(17)15(14-7-12(16)10-20-14)18(2)8-11-5-4-6-19-9-11/h7,10-11,13,15H,3-6,8-9,17H2,1-2H3. The Kier molecular flexibility index (Phi) is 6.49. The molecule has 0 amide bonds. The average molecular weight is 361 g/mol. The zero-order chi connectivity index (χ0) is 14.5. The summed E-state index contributed by atoms with van der Waals surface area (Å²) < 4.78 is 6.75. The number of hydrogen-bond donors (Lipinski definition) is 1. The molecule has 2 rings (SSSR count). The number of hydrogen-bond acceptors (Lipinski definition) is 4. The molecule has 3 atom stereocenters. The van der Waals surface area contributed by atoms with E-state index in [-0.39, 0.29) is 6.04 Å². The number of likely N-dealkylation sites (N-methyl/N-ethyl adjacent to an activating group) is 1. The Hall–Kier alpha value is 0.0600. The van der Waals surface area contributed by atoms with Crippen LogP contribution in [0.4, 0.5) is 0 Å². The van der Waals surface area contributed by atoms with Crippen molar-refractivity contribution >= 4 is 27.3 Å². The van der Waals surface area contributed by atoms with Crippen molar-refractivity contribution in [2.45, 2.75) is 38.3 Å². The van der Waals surface area contributed by atoms with Crippen LogP contribution in [0.2, 0.25) is 0 Å². The smallest absolute Gasteiger partial charge is 0.0591 e. The average Bonchev–Trinajstić information content (AvgIpc) is 2.86. The molecule has 0 spiro atoms. The van der Waals surface area contributed by atoms with Crippen LogP contribution in [0.1, 0.15) is 37.1 Å². The lowest BCUT2D eigenvalue weighted by Gasteiger charge is -2.35. The zero-order valence-corrected chi connectivity index (χ0v) is 14.8. The molecule has 1 aliphatic heterocycles. The van der Waals surface area contributed by atoms with E-state index in [4.69, 9.17) is 10.5 Å². The Labute approximate surface area is 134 Å². The quantitative estimate of drug-likeness (QED) is 0.841. The van der Waals surface area contributed by atoms with Crippen molar-refractivity contribution in [3.63, 3.8) is 0 Å². The molecule has 0 radical (unpaired) electrons. The monoisotopic (exact) mass is 360 g/mol. The minimum absolute atomic E-state index is 0.176. The van der Waals surface area contributed by atoms with Crippen LogP contribution in [0.15, 0.2) is 15.9 Å². The lowest BCUT2D eigenvalue weighted by molar-refractivity contribution is 0.0341. The Morgan fingerprint density at radius 2 is 2.40 bits per heavy atom. The van der Waals surface area contributed by atoms with Gasteiger partial charge in [-0.3, -0.25) is 4.90 Å². The predicted octanol–water partition coefficient (Wildman–Crippen LogP) is 3.65. The maximum absolute atomic E-state index is 6.38. The van der Waals surface area contributed by atoms with Gasteiger partial charge in [0.2, 0.25) is 0 Å². The van der Waals surface area contributed by atoms with Gasteiger partial charge in [0.25, 0.3) is 0 Å². The van der Waals surface area contributed by atoms with Crippen LogP contribution in [0, 0.1) is 5.92 Å². The molecule has 3 nitrogen and oxygen atoms in total. The normalized spacial score (nSPS) is 22.9. The summed E-state index contributed by atoms with van der Waals surface area (Å²) in [6, 6.07) is 2.69. The van der Waals surface area contributed by atoms with Crippen LogP contribution in [0.3, 0.4) is 0 Å². The van der Waals surface area contributed by atoms with Gasteiger partial charge in [0.15, 0.2) is 0 Å². The fourth-order valence-corrected chi connectivity index (χ4v) is 4.62. The number of nitrogens with two attached hydrogens (primary N) is 1. The highest BCUT2D eigenvalue weighted by atomic mass is 79.9. The fraction of sp³-hybridized carbons (Fsp3) is 0.733. The molecule has 2 N–H and O–H groups in total. The molecule has 1 saturated heterocycles. The van der Waals surface area contributed by atoms with Gasteiger partial charge in [-0.1, -0.05) is 6.92 Å². The second kappa shape index (κ2) is 7.90. The van der Waals surface area contributed by atoms with E-state index in [1.54, 1.807) is 11.3 Å². The van der Waals surface area contributed by atoms with Crippen molar-refractivity contribution < 1.29 is 4.74 Å². The summed E-state index contributed by atoms with van der Waals surface area (Å²) in [4.78, 5) is 3.77. The first-order valence-electron chi connectivity index (χ1n) is 7.39. The van der Waals surface area contributed by atoms with Crippen LogP contribution in [-0.4, -0.2) is 37.7 Å². The van der Waals surface area contributed by atoms with E-state index in [1.165, 1.54) is 17.7 Å². The van der Waals surface area contributed by atoms with Gasteiger partial charge in [-0.25, -0.2) is 0 Å². The topological polar surface area (TPSA) is 38.5 Å². The third kappa shape index (κ3) is 4.28. The molecule has 0 aliphatic carbocycles. The molecule has 1 fully saturated rings. The summed E-state index contributed by atoms with van der Waals surface area (Å²) in [5.41, 5.74) is 6.38. The number of ether oxygens (including phenoxy) is 1. The molecule has 114 valence electrons. The number of rotatable bonds is 6. The molecule has 0 saturated carbocycles. The summed E-state index contributed by atoms with van der Waals surface area (Å²) in [6.07, 6.45) is 3.45. The summed E-state index contributed by atoms with van der Waals surface area (Å²) in [6.45, 7) is 5.05. The molecule has 2 heterocycles. The van der Waals surface area contributed by atoms with Crippen molar-refractivity contribution in [3.05, 3.63) is 20.8 Å². The van der Waals surface area contributed by atoms with E-state index in [1.807, 2.05) is 0 Å². The van der Waals surface area contributed by atoms with Crippen molar-refractivity contribution in [1.82, 2.24) is 4.90 Å². The second-order valence-electron chi connectivity index (χ2n) is 5.71. The van der Waals surface area contributed by atoms with E-state index in [0.29, 0.717) is 12.0 Å². The molecule has 1 aromatic heterocycles. The van der Waals surface area contributed by atoms with Gasteiger partial charge in [-0.2, -0.15) is 0 Å². The largest absolute Gasteiger partial charge is 0.381 e. The lowest BCUT2D eigenvalue weighted by atomic mass is 9.98. The first-order valence-corrected chi connectivity index (χ1v) is 9.06. The number of nitrogens with zero attached hydrogens (tertiary/aromatic N) is 1. The fourth-order valence-electron chi connectivity index (χ4n) is 2.93. The van der Waals surface area contributed by atoms with E-state index < -0.39 is 0 Å². The molecule has 5 heteroatoms. The van der Waals surface area contributed by atoms with Crippen molar-refractivity contribution in [1.29, 1.82) is 0 Å². The molecule has 3 unspecified atom stereocenters. The third-order valence-corrected chi connectivity index (χ3v) is 5.80. The summed E-state index contributed by atoms with van der Waals surface area (Å²) in [5.74, 6) is 0.642. The van der Waals surface area contributed by atoms with Crippen LogP contribution >= 0.6 is 27.3 Å². The van der Waals surface area contributed by atoms with Crippen LogP contribution in [-0.2, 0) is 4.74 Å². The van der Waals surface area contributed by atoms with E-state index >= 15 is 0 Å². The maximum atomic E-state index is 6.38. The third-order valence-electron chi connectivity index (χ3n) is 4.03. The SMILES string of the molecule is CCC(N)C(c1cc(Br)cs1)N(C)CC1CCCOC1. The minimum atomic E-state index is 0.176. The molecular formula is C15H25BrN2OS. The van der Waals surface area contributed by atoms with Crippen LogP contribution < -0.4 is 5.73 Å². The van der Waals surface area contributed by atoms with Gasteiger partial charge >= 0.3 is 0 Å². The number of thiophene rings is 1. The first-order chi connectivity index (χ1) is 9.61. The van der Waals surface area contributed by atoms with E-state index in [2.05, 4.69) is 46.2 Å². The molecule has 20 heavy (non-hydrogen) atoms. The first kappa shape index (κ1) is 16.4. The Balaban J connectivity index is 2.05. The van der Waals surface area contributed by atoms with E-state index in [9.17, 15) is 0 Å². The molecule has 0 bridgehead atoms. The van der Waals surface area contributed by atoms with Crippen molar-refractivity contribution in [2.75, 3.05) is 26.8 Å². The molecule has 1 aliphatic rings. The zero-order valence-electron chi connectivity index (χ0n) is 12.3. The lowest BCUT2D eigenvalue weighted by Crippen LogP contribution is -2.41. The van der Waals surface area contributed by atoms with E-state index in [0.717, 1.165) is 30.7 Å². The van der Waals surface area contributed by atoms with Gasteiger partial charge in [-0.05, 0) is 54.2 Å². The predicted molar refractivity (Wildman–Crippen MR) is 89.2 cm³/mol.